The minimum absolute atomic E-state index is 0.119. The molecule has 0 saturated carbocycles. The summed E-state index contributed by atoms with van der Waals surface area (Å²) in [6.45, 7) is 4.16. The molecule has 0 radical (unpaired) electrons. The van der Waals surface area contributed by atoms with Crippen LogP contribution in [-0.4, -0.2) is 20.8 Å². The van der Waals surface area contributed by atoms with Crippen LogP contribution in [0.1, 0.15) is 17.8 Å². The van der Waals surface area contributed by atoms with Crippen molar-refractivity contribution < 1.29 is 9.90 Å². The highest BCUT2D eigenvalue weighted by Crippen LogP contribution is 2.19. The molecule has 0 spiro atoms. The Hall–Kier alpha value is -2.01. The first-order valence-electron chi connectivity index (χ1n) is 6.26. The Kier molecular flexibility index (Phi) is 4.29. The SMILES string of the molecule is Cc1nn(CCC(=O)Nc2cccc(O)c2)c(C)c1Cl. The van der Waals surface area contributed by atoms with Gasteiger partial charge in [-0.15, -0.1) is 0 Å². The number of aromatic nitrogens is 2. The van der Waals surface area contributed by atoms with Gasteiger partial charge in [-0.05, 0) is 26.0 Å². The van der Waals surface area contributed by atoms with Gasteiger partial charge in [-0.25, -0.2) is 0 Å². The van der Waals surface area contributed by atoms with Crippen LogP contribution in [0.4, 0.5) is 5.69 Å². The summed E-state index contributed by atoms with van der Waals surface area (Å²) in [5.41, 5.74) is 2.19. The second kappa shape index (κ2) is 5.96. The van der Waals surface area contributed by atoms with Crippen molar-refractivity contribution in [2.45, 2.75) is 26.8 Å². The number of hydrogen-bond acceptors (Lipinski definition) is 3. The third-order valence-corrected chi connectivity index (χ3v) is 3.52. The van der Waals surface area contributed by atoms with Gasteiger partial charge in [0.2, 0.25) is 5.91 Å². The van der Waals surface area contributed by atoms with E-state index in [0.717, 1.165) is 11.4 Å². The van der Waals surface area contributed by atoms with E-state index in [0.29, 0.717) is 17.3 Å². The largest absolute Gasteiger partial charge is 0.508 e. The molecule has 0 aliphatic heterocycles. The lowest BCUT2D eigenvalue weighted by molar-refractivity contribution is -0.116. The van der Waals surface area contributed by atoms with Gasteiger partial charge in [-0.2, -0.15) is 5.10 Å². The van der Waals surface area contributed by atoms with Gasteiger partial charge in [0.1, 0.15) is 5.75 Å². The molecule has 2 aromatic rings. The van der Waals surface area contributed by atoms with E-state index in [4.69, 9.17) is 11.6 Å². The number of nitrogens with one attached hydrogen (secondary N) is 1. The van der Waals surface area contributed by atoms with Gasteiger partial charge < -0.3 is 10.4 Å². The first-order chi connectivity index (χ1) is 9.47. The number of aromatic hydroxyl groups is 1. The van der Waals surface area contributed by atoms with E-state index in [9.17, 15) is 9.90 Å². The van der Waals surface area contributed by atoms with E-state index in [-0.39, 0.29) is 18.1 Å². The Morgan fingerprint density at radius 2 is 2.20 bits per heavy atom. The number of halogens is 1. The van der Waals surface area contributed by atoms with Crippen molar-refractivity contribution >= 4 is 23.2 Å². The van der Waals surface area contributed by atoms with Crippen molar-refractivity contribution in [1.82, 2.24) is 9.78 Å². The lowest BCUT2D eigenvalue weighted by atomic mass is 10.3. The molecular weight excluding hydrogens is 278 g/mol. The fraction of sp³-hybridized carbons (Fsp3) is 0.286. The number of phenolic OH excluding ortho intramolecular Hbond substituents is 1. The summed E-state index contributed by atoms with van der Waals surface area (Å²) >= 11 is 6.05. The van der Waals surface area contributed by atoms with E-state index in [1.165, 1.54) is 6.07 Å². The maximum Gasteiger partial charge on any atom is 0.226 e. The van der Waals surface area contributed by atoms with Crippen LogP contribution in [0.5, 0.6) is 5.75 Å². The summed E-state index contributed by atoms with van der Waals surface area (Å²) in [4.78, 5) is 11.8. The van der Waals surface area contributed by atoms with Crippen LogP contribution in [-0.2, 0) is 11.3 Å². The minimum atomic E-state index is -0.140. The summed E-state index contributed by atoms with van der Waals surface area (Å²) in [5.74, 6) is -0.0209. The predicted octanol–water partition coefficient (Wildman–Crippen LogP) is 2.89. The van der Waals surface area contributed by atoms with E-state index in [1.807, 2.05) is 13.8 Å². The highest BCUT2D eigenvalue weighted by Gasteiger charge is 2.10. The van der Waals surface area contributed by atoms with Gasteiger partial charge in [-0.3, -0.25) is 9.48 Å². The predicted molar refractivity (Wildman–Crippen MR) is 78.1 cm³/mol. The zero-order valence-electron chi connectivity index (χ0n) is 11.4. The normalized spacial score (nSPS) is 10.6. The Bertz CT molecular complexity index is 637. The van der Waals surface area contributed by atoms with Crippen molar-refractivity contribution in [3.63, 3.8) is 0 Å². The van der Waals surface area contributed by atoms with E-state index in [2.05, 4.69) is 10.4 Å². The van der Waals surface area contributed by atoms with Crippen LogP contribution in [0.15, 0.2) is 24.3 Å². The molecule has 0 unspecified atom stereocenters. The number of benzene rings is 1. The molecule has 0 aliphatic carbocycles. The summed E-state index contributed by atoms with van der Waals surface area (Å²) in [5, 5.41) is 16.9. The molecular formula is C14H16ClN3O2. The maximum absolute atomic E-state index is 11.8. The molecule has 1 aromatic carbocycles. The van der Waals surface area contributed by atoms with Crippen molar-refractivity contribution in [2.75, 3.05) is 5.32 Å². The molecule has 20 heavy (non-hydrogen) atoms. The fourth-order valence-corrected chi connectivity index (χ4v) is 2.04. The molecule has 1 aromatic heterocycles. The van der Waals surface area contributed by atoms with Crippen LogP contribution in [0, 0.1) is 13.8 Å². The molecule has 106 valence electrons. The maximum atomic E-state index is 11.8. The molecule has 0 fully saturated rings. The third kappa shape index (κ3) is 3.30. The first kappa shape index (κ1) is 14.4. The number of phenols is 1. The number of carbonyl (C=O) groups is 1. The first-order valence-corrected chi connectivity index (χ1v) is 6.63. The Balaban J connectivity index is 1.94. The molecule has 5 nitrogen and oxygen atoms in total. The molecule has 1 amide bonds. The monoisotopic (exact) mass is 293 g/mol. The molecule has 2 N–H and O–H groups in total. The zero-order valence-corrected chi connectivity index (χ0v) is 12.1. The number of aryl methyl sites for hydroxylation is 2. The van der Waals surface area contributed by atoms with Crippen molar-refractivity contribution in [1.29, 1.82) is 0 Å². The topological polar surface area (TPSA) is 67.2 Å². The van der Waals surface area contributed by atoms with Crippen LogP contribution in [0.3, 0.4) is 0 Å². The smallest absolute Gasteiger partial charge is 0.226 e. The molecule has 0 bridgehead atoms. The van der Waals surface area contributed by atoms with E-state index in [1.54, 1.807) is 22.9 Å². The van der Waals surface area contributed by atoms with Gasteiger partial charge in [-0.1, -0.05) is 17.7 Å². The molecule has 2 rings (SSSR count). The lowest BCUT2D eigenvalue weighted by Gasteiger charge is -2.07. The molecule has 0 aliphatic rings. The number of anilines is 1. The zero-order chi connectivity index (χ0) is 14.7. The number of amides is 1. The summed E-state index contributed by atoms with van der Waals surface area (Å²) in [7, 11) is 0. The fourth-order valence-electron chi connectivity index (χ4n) is 1.91. The van der Waals surface area contributed by atoms with Gasteiger partial charge in [0.05, 0.1) is 23.0 Å². The van der Waals surface area contributed by atoms with Gasteiger partial charge in [0.25, 0.3) is 0 Å². The number of rotatable bonds is 4. The van der Waals surface area contributed by atoms with Crippen molar-refractivity contribution in [3.8, 4) is 5.75 Å². The molecule has 0 saturated heterocycles. The summed E-state index contributed by atoms with van der Waals surface area (Å²) in [6, 6.07) is 6.44. The molecule has 1 heterocycles. The number of nitrogens with zero attached hydrogens (tertiary/aromatic N) is 2. The highest BCUT2D eigenvalue weighted by molar-refractivity contribution is 6.31. The van der Waals surface area contributed by atoms with Gasteiger partial charge in [0.15, 0.2) is 0 Å². The van der Waals surface area contributed by atoms with Crippen LogP contribution in [0.25, 0.3) is 0 Å². The number of carbonyl (C=O) groups excluding carboxylic acids is 1. The summed E-state index contributed by atoms with van der Waals surface area (Å²) in [6.07, 6.45) is 0.286. The Labute approximate surface area is 122 Å². The lowest BCUT2D eigenvalue weighted by Crippen LogP contribution is -2.15. The highest BCUT2D eigenvalue weighted by atomic mass is 35.5. The van der Waals surface area contributed by atoms with Crippen molar-refractivity contribution in [3.05, 3.63) is 40.7 Å². The Morgan fingerprint density at radius 3 is 2.80 bits per heavy atom. The molecule has 6 heteroatoms. The third-order valence-electron chi connectivity index (χ3n) is 2.97. The number of hydrogen-bond donors (Lipinski definition) is 2. The minimum Gasteiger partial charge on any atom is -0.508 e. The average molecular weight is 294 g/mol. The Morgan fingerprint density at radius 1 is 1.45 bits per heavy atom. The van der Waals surface area contributed by atoms with Gasteiger partial charge in [0, 0.05) is 18.2 Å². The van der Waals surface area contributed by atoms with Crippen molar-refractivity contribution in [2.24, 2.45) is 0 Å². The van der Waals surface area contributed by atoms with Crippen LogP contribution in [0.2, 0.25) is 5.02 Å². The second-order valence-corrected chi connectivity index (χ2v) is 4.93. The van der Waals surface area contributed by atoms with E-state index >= 15 is 0 Å². The van der Waals surface area contributed by atoms with E-state index < -0.39 is 0 Å². The van der Waals surface area contributed by atoms with Crippen LogP contribution >= 0.6 is 11.6 Å². The summed E-state index contributed by atoms with van der Waals surface area (Å²) < 4.78 is 1.72. The van der Waals surface area contributed by atoms with Gasteiger partial charge >= 0.3 is 0 Å². The van der Waals surface area contributed by atoms with Crippen LogP contribution < -0.4 is 5.32 Å². The second-order valence-electron chi connectivity index (χ2n) is 4.56. The quantitative estimate of drug-likeness (QED) is 0.911. The standard InChI is InChI=1S/C14H16ClN3O2/c1-9-14(15)10(2)18(17-9)7-6-13(20)16-11-4-3-5-12(19)8-11/h3-5,8,19H,6-7H2,1-2H3,(H,16,20). The molecule has 0 atom stereocenters. The average Bonchev–Trinajstić information content (AvgIpc) is 2.64.